The fourth-order valence-corrected chi connectivity index (χ4v) is 7.69. The van der Waals surface area contributed by atoms with E-state index in [1.165, 1.54) is 25.0 Å². The Morgan fingerprint density at radius 1 is 1.07 bits per heavy atom. The molecule has 9 nitrogen and oxygen atoms in total. The molecule has 45 heavy (non-hydrogen) atoms. The first-order valence-electron chi connectivity index (χ1n) is 16.2. The Morgan fingerprint density at radius 2 is 1.82 bits per heavy atom. The quantitative estimate of drug-likeness (QED) is 0.320. The molecule has 238 valence electrons. The molecule has 4 heterocycles. The molecule has 1 saturated carbocycles. The molecule has 4 fully saturated rings. The number of nitrogens with zero attached hydrogens (tertiary/aromatic N) is 4. The molecular formula is C34H40FN5O4S. The third-order valence-electron chi connectivity index (χ3n) is 9.43. The maximum Gasteiger partial charge on any atom is 0.254 e. The van der Waals surface area contributed by atoms with Crippen molar-refractivity contribution in [2.45, 2.75) is 76.4 Å². The molecule has 3 saturated heterocycles. The van der Waals surface area contributed by atoms with Crippen molar-refractivity contribution in [3.63, 3.8) is 0 Å². The summed E-state index contributed by atoms with van der Waals surface area (Å²) in [6.45, 7) is 6.28. The molecule has 0 bridgehead atoms. The Morgan fingerprint density at radius 3 is 2.51 bits per heavy atom. The maximum absolute atomic E-state index is 15.6. The van der Waals surface area contributed by atoms with Gasteiger partial charge in [-0.1, -0.05) is 18.3 Å². The van der Waals surface area contributed by atoms with Gasteiger partial charge >= 0.3 is 0 Å². The summed E-state index contributed by atoms with van der Waals surface area (Å²) in [5.41, 5.74) is 1.42. The van der Waals surface area contributed by atoms with Crippen LogP contribution < -0.4 is 10.1 Å². The first-order chi connectivity index (χ1) is 21.9. The topological polar surface area (TPSA) is 96.9 Å². The van der Waals surface area contributed by atoms with E-state index in [2.05, 4.69) is 20.4 Å². The lowest BCUT2D eigenvalue weighted by molar-refractivity contribution is -0.128. The highest BCUT2D eigenvalue weighted by Crippen LogP contribution is 2.43. The van der Waals surface area contributed by atoms with Crippen molar-refractivity contribution in [1.82, 2.24) is 25.3 Å². The molecule has 0 radical (unpaired) electrons. The van der Waals surface area contributed by atoms with Crippen molar-refractivity contribution in [3.05, 3.63) is 58.3 Å². The van der Waals surface area contributed by atoms with E-state index in [1.807, 2.05) is 31.2 Å². The van der Waals surface area contributed by atoms with E-state index in [0.717, 1.165) is 67.6 Å². The number of likely N-dealkylation sites (tertiary alicyclic amines) is 2. The van der Waals surface area contributed by atoms with Gasteiger partial charge in [0.2, 0.25) is 5.91 Å². The van der Waals surface area contributed by atoms with Crippen molar-refractivity contribution < 1.29 is 23.5 Å². The van der Waals surface area contributed by atoms with Gasteiger partial charge in [-0.15, -0.1) is 10.2 Å². The van der Waals surface area contributed by atoms with Gasteiger partial charge in [0.25, 0.3) is 5.91 Å². The molecule has 1 atom stereocenters. The van der Waals surface area contributed by atoms with Crippen LogP contribution in [-0.4, -0.2) is 76.7 Å². The van der Waals surface area contributed by atoms with E-state index in [9.17, 15) is 9.59 Å². The number of nitrogens with one attached hydrogen (secondary N) is 1. The molecule has 1 unspecified atom stereocenters. The predicted octanol–water partition coefficient (Wildman–Crippen LogP) is 5.76. The maximum atomic E-state index is 15.6. The standard InChI is InChI=1S/C34H40FN5O4S/c1-21-16-31(41)40(19-21)20-24-17-29(35)28(32(42)36-25-8-12-39(13-9-25)26-10-14-43-15-11-26)18-30(24)44-27-6-4-23(5-7-27)34-38-37-33(45-34)22-2-3-22/h4-7,17-18,21-22,25-26H,2-3,8-16,19-20H2,1H3,(H,36,42). The second kappa shape index (κ2) is 13.1. The summed E-state index contributed by atoms with van der Waals surface area (Å²) in [6, 6.07) is 10.9. The van der Waals surface area contributed by atoms with Crippen molar-refractivity contribution >= 4 is 23.2 Å². The Hall–Kier alpha value is -3.41. The Labute approximate surface area is 267 Å². The Bertz CT molecular complexity index is 1530. The molecule has 2 amide bonds. The summed E-state index contributed by atoms with van der Waals surface area (Å²) in [5.74, 6) is 0.675. The van der Waals surface area contributed by atoms with Gasteiger partial charge in [0.15, 0.2) is 0 Å². The predicted molar refractivity (Wildman–Crippen MR) is 169 cm³/mol. The minimum absolute atomic E-state index is 0.0194. The summed E-state index contributed by atoms with van der Waals surface area (Å²) in [6.07, 6.45) is 6.58. The largest absolute Gasteiger partial charge is 0.457 e. The molecule has 4 aliphatic rings. The molecule has 11 heteroatoms. The van der Waals surface area contributed by atoms with Gasteiger partial charge in [0.05, 0.1) is 5.56 Å². The van der Waals surface area contributed by atoms with Crippen LogP contribution in [0.15, 0.2) is 36.4 Å². The van der Waals surface area contributed by atoms with E-state index in [-0.39, 0.29) is 30.0 Å². The number of hydrogen-bond donors (Lipinski definition) is 1. The second-order valence-electron chi connectivity index (χ2n) is 13.0. The average Bonchev–Trinajstić information content (AvgIpc) is 3.69. The van der Waals surface area contributed by atoms with Gasteiger partial charge in [-0.05, 0) is 80.8 Å². The van der Waals surface area contributed by atoms with Gasteiger partial charge < -0.3 is 24.6 Å². The van der Waals surface area contributed by atoms with Gasteiger partial charge in [0.1, 0.15) is 27.3 Å². The fraction of sp³-hybridized carbons (Fsp3) is 0.529. The van der Waals surface area contributed by atoms with Crippen molar-refractivity contribution in [2.24, 2.45) is 5.92 Å². The number of halogens is 1. The number of hydrogen-bond acceptors (Lipinski definition) is 8. The number of ether oxygens (including phenoxy) is 2. The molecule has 7 rings (SSSR count). The lowest BCUT2D eigenvalue weighted by Gasteiger charge is -2.39. The van der Waals surface area contributed by atoms with Crippen LogP contribution in [0.2, 0.25) is 0 Å². The third-order valence-corrected chi connectivity index (χ3v) is 10.6. The number of piperidine rings is 1. The highest BCUT2D eigenvalue weighted by atomic mass is 32.1. The normalized spacial score (nSPS) is 21.8. The molecule has 0 spiro atoms. The number of carbonyl (C=O) groups is 2. The van der Waals surface area contributed by atoms with Crippen LogP contribution >= 0.6 is 11.3 Å². The van der Waals surface area contributed by atoms with Crippen LogP contribution in [0, 0.1) is 11.7 Å². The zero-order valence-corrected chi connectivity index (χ0v) is 26.5. The molecule has 1 aliphatic carbocycles. The van der Waals surface area contributed by atoms with Crippen LogP contribution in [0.5, 0.6) is 11.5 Å². The summed E-state index contributed by atoms with van der Waals surface area (Å²) >= 11 is 1.62. The lowest BCUT2D eigenvalue weighted by Crippen LogP contribution is -2.49. The molecule has 2 aromatic carbocycles. The van der Waals surface area contributed by atoms with E-state index in [1.54, 1.807) is 16.2 Å². The molecular weight excluding hydrogens is 593 g/mol. The zero-order valence-electron chi connectivity index (χ0n) is 25.7. The monoisotopic (exact) mass is 633 g/mol. The van der Waals surface area contributed by atoms with E-state index in [0.29, 0.717) is 42.0 Å². The van der Waals surface area contributed by atoms with E-state index < -0.39 is 11.7 Å². The Kier molecular flexibility index (Phi) is 8.83. The van der Waals surface area contributed by atoms with Crippen LogP contribution in [0.4, 0.5) is 4.39 Å². The van der Waals surface area contributed by atoms with Crippen molar-refractivity contribution in [3.8, 4) is 22.1 Å². The average molecular weight is 634 g/mol. The van der Waals surface area contributed by atoms with Gasteiger partial charge in [-0.25, -0.2) is 4.39 Å². The second-order valence-corrected chi connectivity index (χ2v) is 14.0. The van der Waals surface area contributed by atoms with Gasteiger partial charge in [0, 0.05) is 74.9 Å². The first kappa shape index (κ1) is 30.3. The summed E-state index contributed by atoms with van der Waals surface area (Å²) in [5, 5.41) is 13.7. The smallest absolute Gasteiger partial charge is 0.254 e. The summed E-state index contributed by atoms with van der Waals surface area (Å²) in [4.78, 5) is 30.2. The van der Waals surface area contributed by atoms with Gasteiger partial charge in [-0.3, -0.25) is 9.59 Å². The molecule has 1 aromatic heterocycles. The summed E-state index contributed by atoms with van der Waals surface area (Å²) in [7, 11) is 0. The lowest BCUT2D eigenvalue weighted by atomic mass is 9.99. The van der Waals surface area contributed by atoms with Crippen LogP contribution in [0.3, 0.4) is 0 Å². The van der Waals surface area contributed by atoms with Crippen LogP contribution in [-0.2, 0) is 16.1 Å². The highest BCUT2D eigenvalue weighted by Gasteiger charge is 2.31. The molecule has 3 aliphatic heterocycles. The zero-order chi connectivity index (χ0) is 30.9. The first-order valence-corrected chi connectivity index (χ1v) is 17.1. The Balaban J connectivity index is 1.07. The number of benzene rings is 2. The molecule has 3 aromatic rings. The number of amides is 2. The van der Waals surface area contributed by atoms with Crippen molar-refractivity contribution in [1.29, 1.82) is 0 Å². The number of aromatic nitrogens is 2. The van der Waals surface area contributed by atoms with E-state index >= 15 is 4.39 Å². The molecule has 1 N–H and O–H groups in total. The van der Waals surface area contributed by atoms with Crippen LogP contribution in [0.1, 0.15) is 78.7 Å². The SMILES string of the molecule is CC1CC(=O)N(Cc2cc(F)c(C(=O)NC3CCN(C4CCOCC4)CC3)cc2Oc2ccc(-c3nnc(C4CC4)s3)cc2)C1. The van der Waals surface area contributed by atoms with E-state index in [4.69, 9.17) is 9.47 Å². The number of carbonyl (C=O) groups excluding carboxylic acids is 2. The fourth-order valence-electron chi connectivity index (χ4n) is 6.68. The minimum atomic E-state index is -0.618. The van der Waals surface area contributed by atoms with Gasteiger partial charge in [-0.2, -0.15) is 0 Å². The number of rotatable bonds is 9. The summed E-state index contributed by atoms with van der Waals surface area (Å²) < 4.78 is 27.4. The van der Waals surface area contributed by atoms with Crippen molar-refractivity contribution in [2.75, 3.05) is 32.8 Å². The minimum Gasteiger partial charge on any atom is -0.457 e. The third kappa shape index (κ3) is 7.05. The highest BCUT2D eigenvalue weighted by molar-refractivity contribution is 7.14. The van der Waals surface area contributed by atoms with Crippen LogP contribution in [0.25, 0.3) is 10.6 Å².